The number of nitrogens with zero attached hydrogens (tertiary/aromatic N) is 3. The minimum absolute atomic E-state index is 0.115. The van der Waals surface area contributed by atoms with Gasteiger partial charge in [-0.3, -0.25) is 0 Å². The van der Waals surface area contributed by atoms with E-state index in [0.717, 1.165) is 0 Å². The first kappa shape index (κ1) is 11.6. The Morgan fingerprint density at radius 3 is 2.07 bits per heavy atom. The zero-order valence-electron chi connectivity index (χ0n) is 8.91. The van der Waals surface area contributed by atoms with E-state index in [0.29, 0.717) is 0 Å². The molecule has 0 radical (unpaired) electrons. The summed E-state index contributed by atoms with van der Waals surface area (Å²) in [7, 11) is -1.15. The van der Waals surface area contributed by atoms with E-state index in [1.165, 1.54) is 6.33 Å². The van der Waals surface area contributed by atoms with Gasteiger partial charge in [0.2, 0.25) is 0 Å². The fourth-order valence-electron chi connectivity index (χ4n) is 0.768. The van der Waals surface area contributed by atoms with E-state index in [1.807, 2.05) is 27.7 Å². The fourth-order valence-corrected chi connectivity index (χ4v) is 2.01. The normalized spacial score (nSPS) is 11.9. The molecule has 14 heavy (non-hydrogen) atoms. The molecule has 1 aromatic heterocycles. The van der Waals surface area contributed by atoms with Gasteiger partial charge in [-0.25, -0.2) is 4.98 Å². The largest absolute Gasteiger partial charge is 0.313 e. The van der Waals surface area contributed by atoms with Crippen LogP contribution in [0.4, 0.5) is 0 Å². The quantitative estimate of drug-likeness (QED) is 0.709. The average molecular weight is 217 g/mol. The van der Waals surface area contributed by atoms with Crippen molar-refractivity contribution in [3.8, 4) is 0 Å². The molecule has 0 amide bonds. The fraction of sp³-hybridized carbons (Fsp3) is 0.750. The molecule has 0 saturated heterocycles. The summed E-state index contributed by atoms with van der Waals surface area (Å²) in [5, 5.41) is 4.01. The van der Waals surface area contributed by atoms with Crippen LogP contribution in [0.15, 0.2) is 12.7 Å². The van der Waals surface area contributed by atoms with E-state index in [2.05, 4.69) is 10.1 Å². The van der Waals surface area contributed by atoms with Crippen molar-refractivity contribution in [2.75, 3.05) is 0 Å². The summed E-state index contributed by atoms with van der Waals surface area (Å²) in [4.78, 5) is 3.87. The van der Waals surface area contributed by atoms with Crippen molar-refractivity contribution in [2.24, 2.45) is 0 Å². The van der Waals surface area contributed by atoms with Gasteiger partial charge in [-0.2, -0.15) is 9.55 Å². The molecule has 0 fully saturated rings. The van der Waals surface area contributed by atoms with E-state index < -0.39 is 8.53 Å². The van der Waals surface area contributed by atoms with Gasteiger partial charge in [-0.15, -0.1) is 0 Å². The molecule has 0 unspecified atom stereocenters. The highest BCUT2D eigenvalue weighted by Crippen LogP contribution is 2.41. The van der Waals surface area contributed by atoms with E-state index in [1.54, 1.807) is 10.8 Å². The monoisotopic (exact) mass is 217 g/mol. The zero-order chi connectivity index (χ0) is 10.6. The Morgan fingerprint density at radius 2 is 1.71 bits per heavy atom. The Kier molecular flexibility index (Phi) is 4.45. The Morgan fingerprint density at radius 1 is 1.14 bits per heavy atom. The van der Waals surface area contributed by atoms with Crippen LogP contribution in [0.5, 0.6) is 0 Å². The molecule has 1 rings (SSSR count). The summed E-state index contributed by atoms with van der Waals surface area (Å²) in [5.74, 6) is 0. The van der Waals surface area contributed by atoms with Gasteiger partial charge in [0.05, 0.1) is 12.2 Å². The summed E-state index contributed by atoms with van der Waals surface area (Å²) in [5.41, 5.74) is 0. The third kappa shape index (κ3) is 3.70. The van der Waals surface area contributed by atoms with Crippen molar-refractivity contribution >= 4 is 8.53 Å². The lowest BCUT2D eigenvalue weighted by molar-refractivity contribution is 0.170. The summed E-state index contributed by atoms with van der Waals surface area (Å²) in [6, 6.07) is 0. The zero-order valence-corrected chi connectivity index (χ0v) is 9.81. The molecule has 80 valence electrons. The van der Waals surface area contributed by atoms with Gasteiger partial charge in [-0.05, 0) is 27.7 Å². The molecule has 0 aromatic carbocycles. The van der Waals surface area contributed by atoms with Crippen LogP contribution < -0.4 is 0 Å². The van der Waals surface area contributed by atoms with Crippen molar-refractivity contribution < 1.29 is 9.05 Å². The number of hydrogen-bond acceptors (Lipinski definition) is 4. The summed E-state index contributed by atoms with van der Waals surface area (Å²) in [6.45, 7) is 7.87. The molecule has 5 nitrogen and oxygen atoms in total. The second kappa shape index (κ2) is 5.39. The minimum Gasteiger partial charge on any atom is -0.313 e. The highest BCUT2D eigenvalue weighted by Gasteiger charge is 2.17. The Balaban J connectivity index is 2.62. The molecule has 0 N–H and O–H groups in total. The lowest BCUT2D eigenvalue weighted by atomic mass is 10.5. The van der Waals surface area contributed by atoms with Gasteiger partial charge in [0, 0.05) is 0 Å². The predicted octanol–water partition coefficient (Wildman–Crippen LogP) is 2.20. The van der Waals surface area contributed by atoms with Crippen LogP contribution >= 0.6 is 8.53 Å². The summed E-state index contributed by atoms with van der Waals surface area (Å²) in [6.07, 6.45) is 3.31. The molecule has 1 heterocycles. The average Bonchev–Trinajstić information content (AvgIpc) is 2.52. The Bertz CT molecular complexity index is 241. The van der Waals surface area contributed by atoms with Crippen molar-refractivity contribution in [1.29, 1.82) is 0 Å². The van der Waals surface area contributed by atoms with Gasteiger partial charge in [0.25, 0.3) is 0 Å². The van der Waals surface area contributed by atoms with Gasteiger partial charge in [0.15, 0.2) is 0 Å². The lowest BCUT2D eigenvalue weighted by Gasteiger charge is -2.20. The maximum Gasteiger partial charge on any atom is 0.313 e. The molecular formula is C8H16N3O2P. The van der Waals surface area contributed by atoms with Crippen LogP contribution in [-0.2, 0) is 9.05 Å². The highest BCUT2D eigenvalue weighted by molar-refractivity contribution is 7.45. The molecule has 6 heteroatoms. The van der Waals surface area contributed by atoms with Crippen LogP contribution in [0.3, 0.4) is 0 Å². The topological polar surface area (TPSA) is 49.2 Å². The third-order valence-electron chi connectivity index (χ3n) is 1.18. The van der Waals surface area contributed by atoms with Crippen LogP contribution in [0.25, 0.3) is 0 Å². The smallest absolute Gasteiger partial charge is 0.313 e. The number of hydrogen-bond donors (Lipinski definition) is 0. The summed E-state index contributed by atoms with van der Waals surface area (Å²) < 4.78 is 12.8. The molecule has 1 aromatic rings. The highest BCUT2D eigenvalue weighted by atomic mass is 31.2. The molecule has 0 spiro atoms. The predicted molar refractivity (Wildman–Crippen MR) is 54.8 cm³/mol. The van der Waals surface area contributed by atoms with E-state index in [4.69, 9.17) is 9.05 Å². The molecule has 0 aliphatic heterocycles. The molecular weight excluding hydrogens is 201 g/mol. The van der Waals surface area contributed by atoms with Gasteiger partial charge in [0.1, 0.15) is 12.7 Å². The van der Waals surface area contributed by atoms with Crippen LogP contribution in [0.1, 0.15) is 27.7 Å². The van der Waals surface area contributed by atoms with Gasteiger partial charge >= 0.3 is 8.53 Å². The van der Waals surface area contributed by atoms with Crippen molar-refractivity contribution in [1.82, 2.24) is 14.5 Å². The molecule has 0 atom stereocenters. The Labute approximate surface area is 85.4 Å². The SMILES string of the molecule is CC(C)OP(OC(C)C)n1cncn1. The van der Waals surface area contributed by atoms with Crippen LogP contribution in [-0.4, -0.2) is 26.7 Å². The minimum atomic E-state index is -1.15. The van der Waals surface area contributed by atoms with Crippen LogP contribution in [0.2, 0.25) is 0 Å². The Hall–Kier alpha value is -0.510. The number of rotatable bonds is 5. The van der Waals surface area contributed by atoms with Gasteiger partial charge in [-0.1, -0.05) is 0 Å². The second-order valence-electron chi connectivity index (χ2n) is 3.36. The molecule has 0 aliphatic rings. The maximum absolute atomic E-state index is 5.61. The third-order valence-corrected chi connectivity index (χ3v) is 2.92. The maximum atomic E-state index is 5.61. The van der Waals surface area contributed by atoms with Crippen molar-refractivity contribution in [2.45, 2.75) is 39.9 Å². The van der Waals surface area contributed by atoms with Crippen LogP contribution in [0, 0.1) is 0 Å². The summed E-state index contributed by atoms with van der Waals surface area (Å²) >= 11 is 0. The van der Waals surface area contributed by atoms with E-state index >= 15 is 0 Å². The first-order chi connectivity index (χ1) is 6.59. The first-order valence-electron chi connectivity index (χ1n) is 4.58. The standard InChI is InChI=1S/C8H16N3O2P/c1-7(2)12-14(13-8(3)4)11-6-9-5-10-11/h5-8H,1-4H3. The van der Waals surface area contributed by atoms with E-state index in [9.17, 15) is 0 Å². The molecule has 0 saturated carbocycles. The molecule has 0 aliphatic carbocycles. The van der Waals surface area contributed by atoms with E-state index in [-0.39, 0.29) is 12.2 Å². The first-order valence-corrected chi connectivity index (χ1v) is 5.71. The number of aromatic nitrogens is 3. The molecule has 0 bridgehead atoms. The van der Waals surface area contributed by atoms with Crippen molar-refractivity contribution in [3.05, 3.63) is 12.7 Å². The van der Waals surface area contributed by atoms with Gasteiger partial charge < -0.3 is 9.05 Å². The van der Waals surface area contributed by atoms with Crippen molar-refractivity contribution in [3.63, 3.8) is 0 Å². The lowest BCUT2D eigenvalue weighted by Crippen LogP contribution is -2.09. The second-order valence-corrected chi connectivity index (χ2v) is 4.67.